The summed E-state index contributed by atoms with van der Waals surface area (Å²) in [5, 5.41) is 0. The van der Waals surface area contributed by atoms with Crippen molar-refractivity contribution >= 4 is 17.4 Å². The van der Waals surface area contributed by atoms with Crippen LogP contribution >= 0.6 is 0 Å². The molecular formula is H4AlFeLiMnNi. The van der Waals surface area contributed by atoms with Gasteiger partial charge in [-0.3, -0.25) is 0 Å². The second-order valence-electron chi connectivity index (χ2n) is 0. The van der Waals surface area contributed by atoms with Crippen LogP contribution in [0, 0.1) is 0 Å². The summed E-state index contributed by atoms with van der Waals surface area (Å²) in [4.78, 5) is 0. The maximum atomic E-state index is 0. The monoisotopic (exact) mass is 207 g/mol. The molecule has 0 saturated carbocycles. The van der Waals surface area contributed by atoms with Crippen molar-refractivity contribution in [3.05, 3.63) is 0 Å². The van der Waals surface area contributed by atoms with Gasteiger partial charge >= 0.3 is 18.9 Å². The second-order valence-corrected chi connectivity index (χ2v) is 0. The van der Waals surface area contributed by atoms with E-state index in [1.165, 1.54) is 0 Å². The van der Waals surface area contributed by atoms with E-state index in [4.69, 9.17) is 0 Å². The first-order chi connectivity index (χ1) is 0. The molecule has 0 atom stereocenters. The summed E-state index contributed by atoms with van der Waals surface area (Å²) in [6.07, 6.45) is 0. The Balaban J connectivity index is 0. The minimum absolute atomic E-state index is 0. The zero-order valence-electron chi connectivity index (χ0n) is 3.05. The topological polar surface area (TPSA) is 0 Å². The van der Waals surface area contributed by atoms with E-state index in [1.807, 2.05) is 0 Å². The summed E-state index contributed by atoms with van der Waals surface area (Å²) in [6.45, 7) is 0. The molecule has 0 aromatic rings. The van der Waals surface area contributed by atoms with E-state index in [-0.39, 0.29) is 88.3 Å². The molecular weight excluding hydrogens is 203 g/mol. The smallest absolute Gasteiger partial charge is 1.00 e. The standard InChI is InChI=1S/Al.Fe.Li.Mn.Ni.4H/q;;+1;;;;;;-1. The van der Waals surface area contributed by atoms with E-state index in [2.05, 4.69) is 0 Å². The Hall–Kier alpha value is 2.66. The third kappa shape index (κ3) is 20.4. The molecule has 0 N–H and O–H groups in total. The van der Waals surface area contributed by atoms with Gasteiger partial charge in [0.25, 0.3) is 0 Å². The molecule has 0 aromatic heterocycles. The van der Waals surface area contributed by atoms with Gasteiger partial charge in [0.15, 0.2) is 17.4 Å². The van der Waals surface area contributed by atoms with Crippen LogP contribution < -0.4 is 18.9 Å². The average molecular weight is 207 g/mol. The Morgan fingerprint density at radius 2 is 1.20 bits per heavy atom. The largest absolute Gasteiger partial charge is 1.00 e. The van der Waals surface area contributed by atoms with Crippen molar-refractivity contribution in [3.63, 3.8) is 0 Å². The molecule has 1 radical (unpaired) electrons. The van der Waals surface area contributed by atoms with Crippen molar-refractivity contribution in [2.75, 3.05) is 0 Å². The molecule has 0 aliphatic rings. The Morgan fingerprint density at radius 3 is 1.20 bits per heavy atom. The van der Waals surface area contributed by atoms with E-state index in [1.54, 1.807) is 0 Å². The molecule has 0 aromatic carbocycles. The Bertz CT molecular complexity index is 15.5. The fourth-order valence-electron chi connectivity index (χ4n) is 0. The molecule has 0 aliphatic carbocycles. The quantitative estimate of drug-likeness (QED) is 0.355. The zero-order chi connectivity index (χ0) is 0. The summed E-state index contributed by atoms with van der Waals surface area (Å²) in [7, 11) is 0. The normalized spacial score (nSPS) is 0. The second kappa shape index (κ2) is 30.1. The van der Waals surface area contributed by atoms with Crippen LogP contribution in [0.3, 0.4) is 0 Å². The fraction of sp³-hybridized carbons (Fsp3) is 0. The van der Waals surface area contributed by atoms with Crippen LogP contribution in [0.4, 0.5) is 0 Å². The van der Waals surface area contributed by atoms with E-state index >= 15 is 0 Å². The third-order valence-electron chi connectivity index (χ3n) is 0. The van der Waals surface area contributed by atoms with Crippen molar-refractivity contribution < 1.29 is 70.9 Å². The summed E-state index contributed by atoms with van der Waals surface area (Å²) in [5.74, 6) is 0. The van der Waals surface area contributed by atoms with Crippen molar-refractivity contribution in [3.8, 4) is 0 Å². The van der Waals surface area contributed by atoms with Gasteiger partial charge in [-0.1, -0.05) is 0 Å². The van der Waals surface area contributed by atoms with Crippen LogP contribution in [0.25, 0.3) is 0 Å². The van der Waals surface area contributed by atoms with Crippen LogP contribution in [0.5, 0.6) is 0 Å². The molecule has 33 valence electrons. The predicted octanol–water partition coefficient (Wildman–Crippen LogP) is -4.07. The molecule has 0 unspecified atom stereocenters. The van der Waals surface area contributed by atoms with Gasteiger partial charge in [-0.15, -0.1) is 0 Å². The minimum atomic E-state index is 0. The maximum absolute atomic E-state index is 0. The van der Waals surface area contributed by atoms with Crippen molar-refractivity contribution in [2.45, 2.75) is 0 Å². The Labute approximate surface area is 87.3 Å². The van der Waals surface area contributed by atoms with E-state index in [9.17, 15) is 0 Å². The zero-order valence-corrected chi connectivity index (χ0v) is 5.32. The van der Waals surface area contributed by atoms with Gasteiger partial charge in [0, 0.05) is 50.6 Å². The fourth-order valence-corrected chi connectivity index (χ4v) is 0. The van der Waals surface area contributed by atoms with Crippen LogP contribution in [-0.4, -0.2) is 17.4 Å². The first-order valence-electron chi connectivity index (χ1n) is 0. The van der Waals surface area contributed by atoms with Crippen LogP contribution in [0.1, 0.15) is 1.43 Å². The van der Waals surface area contributed by atoms with E-state index in [0.29, 0.717) is 0 Å². The summed E-state index contributed by atoms with van der Waals surface area (Å²) in [5.41, 5.74) is 0. The Kier molecular flexibility index (Phi) is 289. The third-order valence-corrected chi connectivity index (χ3v) is 0. The summed E-state index contributed by atoms with van der Waals surface area (Å²) >= 11 is 0. The van der Waals surface area contributed by atoms with Gasteiger partial charge in [-0.05, 0) is 0 Å². The molecule has 0 fully saturated rings. The maximum Gasteiger partial charge on any atom is 1.00 e. The van der Waals surface area contributed by atoms with Crippen LogP contribution in [0.15, 0.2) is 0 Å². The van der Waals surface area contributed by atoms with Crippen molar-refractivity contribution in [1.29, 1.82) is 0 Å². The first-order valence-corrected chi connectivity index (χ1v) is 0. The predicted molar refractivity (Wildman–Crippen MR) is 11.1 cm³/mol. The van der Waals surface area contributed by atoms with Crippen molar-refractivity contribution in [2.24, 2.45) is 0 Å². The average Bonchev–Trinajstić information content (AvgIpc) is 0. The molecule has 5 heavy (non-hydrogen) atoms. The van der Waals surface area contributed by atoms with Gasteiger partial charge in [0.2, 0.25) is 0 Å². The van der Waals surface area contributed by atoms with Gasteiger partial charge in [0.1, 0.15) is 0 Å². The van der Waals surface area contributed by atoms with E-state index in [0.717, 1.165) is 0 Å². The number of rotatable bonds is 0. The molecule has 0 rings (SSSR count). The molecule has 0 heterocycles. The van der Waals surface area contributed by atoms with Crippen LogP contribution in [-0.2, 0) is 50.6 Å². The molecule has 0 spiro atoms. The molecule has 0 aliphatic heterocycles. The van der Waals surface area contributed by atoms with Crippen LogP contribution in [0.2, 0.25) is 0 Å². The number of hydrogen-bond donors (Lipinski definition) is 0. The SMILES string of the molecule is [AlH3].[Fe].[H-].[Li+].[Mn].[Ni]. The van der Waals surface area contributed by atoms with Gasteiger partial charge in [-0.2, -0.15) is 0 Å². The van der Waals surface area contributed by atoms with Gasteiger partial charge in [-0.25, -0.2) is 0 Å². The molecule has 5 heteroatoms. The van der Waals surface area contributed by atoms with Crippen molar-refractivity contribution in [1.82, 2.24) is 0 Å². The van der Waals surface area contributed by atoms with Gasteiger partial charge < -0.3 is 1.43 Å². The number of hydrogen-bond acceptors (Lipinski definition) is 0. The minimum Gasteiger partial charge on any atom is -1.00 e. The molecule has 0 nitrogen and oxygen atoms in total. The summed E-state index contributed by atoms with van der Waals surface area (Å²) in [6, 6.07) is 0. The van der Waals surface area contributed by atoms with Gasteiger partial charge in [0.05, 0.1) is 0 Å². The van der Waals surface area contributed by atoms with E-state index < -0.39 is 0 Å². The molecule has 0 saturated heterocycles. The molecule has 0 amide bonds. The molecule has 0 bridgehead atoms. The summed E-state index contributed by atoms with van der Waals surface area (Å²) < 4.78 is 0. The first kappa shape index (κ1) is 48.0. The Morgan fingerprint density at radius 1 is 1.20 bits per heavy atom.